The van der Waals surface area contributed by atoms with Crippen LogP contribution in [0.1, 0.15) is 17.5 Å². The molecule has 27 heavy (non-hydrogen) atoms. The van der Waals surface area contributed by atoms with Crippen LogP contribution in [0.25, 0.3) is 6.08 Å². The van der Waals surface area contributed by atoms with Gasteiger partial charge >= 0.3 is 0 Å². The predicted octanol–water partition coefficient (Wildman–Crippen LogP) is 4.33. The van der Waals surface area contributed by atoms with Crippen molar-refractivity contribution < 1.29 is 13.2 Å². The van der Waals surface area contributed by atoms with Gasteiger partial charge in [0.2, 0.25) is 5.91 Å². The number of halogens is 2. The van der Waals surface area contributed by atoms with E-state index in [2.05, 4.69) is 15.9 Å². The van der Waals surface area contributed by atoms with Crippen molar-refractivity contribution in [2.24, 2.45) is 0 Å². The Morgan fingerprint density at radius 1 is 1.22 bits per heavy atom. The molecule has 1 aliphatic rings. The van der Waals surface area contributed by atoms with E-state index < -0.39 is 9.84 Å². The number of hydrogen-bond acceptors (Lipinski definition) is 3. The Balaban J connectivity index is 1.84. The minimum absolute atomic E-state index is 0.00662. The second kappa shape index (κ2) is 8.59. The van der Waals surface area contributed by atoms with Gasteiger partial charge in [-0.2, -0.15) is 0 Å². The van der Waals surface area contributed by atoms with Crippen LogP contribution in [-0.2, 0) is 21.2 Å². The van der Waals surface area contributed by atoms with E-state index in [0.717, 1.165) is 15.6 Å². The van der Waals surface area contributed by atoms with Gasteiger partial charge < -0.3 is 4.90 Å². The van der Waals surface area contributed by atoms with Crippen molar-refractivity contribution >= 4 is 49.4 Å². The van der Waals surface area contributed by atoms with Crippen molar-refractivity contribution in [1.82, 2.24) is 4.90 Å². The minimum Gasteiger partial charge on any atom is -0.331 e. The van der Waals surface area contributed by atoms with E-state index in [9.17, 15) is 13.2 Å². The number of nitrogens with zero attached hydrogens (tertiary/aromatic N) is 1. The summed E-state index contributed by atoms with van der Waals surface area (Å²) in [5, 5.41) is 0.559. The van der Waals surface area contributed by atoms with Crippen molar-refractivity contribution in [2.45, 2.75) is 19.0 Å². The summed E-state index contributed by atoms with van der Waals surface area (Å²) in [4.78, 5) is 14.5. The molecule has 142 valence electrons. The molecule has 1 atom stereocenters. The molecule has 3 rings (SSSR count). The van der Waals surface area contributed by atoms with Crippen LogP contribution in [0.4, 0.5) is 0 Å². The molecule has 1 unspecified atom stereocenters. The summed E-state index contributed by atoms with van der Waals surface area (Å²) in [6.45, 7) is 0.353. The Morgan fingerprint density at radius 2 is 2.00 bits per heavy atom. The SMILES string of the molecule is O=C(/C=C/c1ccccc1Cl)N(Cc1cccc(Br)c1)C1CCS(=O)(=O)C1. The highest BCUT2D eigenvalue weighted by Crippen LogP contribution is 2.23. The van der Waals surface area contributed by atoms with Crippen LogP contribution in [0.5, 0.6) is 0 Å². The van der Waals surface area contributed by atoms with Gasteiger partial charge in [0.05, 0.1) is 11.5 Å². The van der Waals surface area contributed by atoms with Crippen LogP contribution in [0.2, 0.25) is 5.02 Å². The smallest absolute Gasteiger partial charge is 0.247 e. The molecule has 2 aromatic carbocycles. The maximum Gasteiger partial charge on any atom is 0.247 e. The first-order valence-corrected chi connectivity index (χ1v) is 11.5. The summed E-state index contributed by atoms with van der Waals surface area (Å²) in [6.07, 6.45) is 3.59. The molecule has 1 heterocycles. The molecule has 1 aliphatic heterocycles. The maximum atomic E-state index is 12.9. The van der Waals surface area contributed by atoms with Gasteiger partial charge in [0.15, 0.2) is 9.84 Å². The highest BCUT2D eigenvalue weighted by Gasteiger charge is 2.34. The Bertz CT molecular complexity index is 975. The highest BCUT2D eigenvalue weighted by atomic mass is 79.9. The third kappa shape index (κ3) is 5.43. The van der Waals surface area contributed by atoms with Gasteiger partial charge in [0, 0.05) is 28.2 Å². The summed E-state index contributed by atoms with van der Waals surface area (Å²) in [6, 6.07) is 14.6. The van der Waals surface area contributed by atoms with Crippen LogP contribution >= 0.6 is 27.5 Å². The molecule has 0 spiro atoms. The Morgan fingerprint density at radius 3 is 2.67 bits per heavy atom. The molecule has 0 aliphatic carbocycles. The summed E-state index contributed by atoms with van der Waals surface area (Å²) < 4.78 is 24.8. The number of hydrogen-bond donors (Lipinski definition) is 0. The normalized spacial score (nSPS) is 18.7. The van der Waals surface area contributed by atoms with Crippen LogP contribution in [0.3, 0.4) is 0 Å². The van der Waals surface area contributed by atoms with Gasteiger partial charge in [-0.1, -0.05) is 57.9 Å². The first-order valence-electron chi connectivity index (χ1n) is 8.52. The number of carbonyl (C=O) groups excluding carboxylic acids is 1. The summed E-state index contributed by atoms with van der Waals surface area (Å²) in [5.74, 6) is -0.0992. The average Bonchev–Trinajstić information content (AvgIpc) is 2.98. The van der Waals surface area contributed by atoms with Gasteiger partial charge in [0.25, 0.3) is 0 Å². The molecule has 0 saturated carbocycles. The molecule has 7 heteroatoms. The van der Waals surface area contributed by atoms with Gasteiger partial charge in [0.1, 0.15) is 0 Å². The standard InChI is InChI=1S/C20H19BrClNO3S/c21-17-6-3-4-15(12-17)13-23(18-10-11-27(25,26)14-18)20(24)9-8-16-5-1-2-7-19(16)22/h1-9,12,18H,10-11,13-14H2/b9-8+. The molecule has 0 bridgehead atoms. The van der Waals surface area contributed by atoms with Crippen molar-refractivity contribution in [1.29, 1.82) is 0 Å². The zero-order valence-electron chi connectivity index (χ0n) is 14.5. The first-order chi connectivity index (χ1) is 12.8. The number of carbonyl (C=O) groups is 1. The van der Waals surface area contributed by atoms with Crippen molar-refractivity contribution in [3.63, 3.8) is 0 Å². The average molecular weight is 469 g/mol. The Hall–Kier alpha value is -1.63. The monoisotopic (exact) mass is 467 g/mol. The van der Waals surface area contributed by atoms with Crippen LogP contribution < -0.4 is 0 Å². The van der Waals surface area contributed by atoms with Gasteiger partial charge in [-0.3, -0.25) is 4.79 Å². The van der Waals surface area contributed by atoms with Crippen LogP contribution in [0.15, 0.2) is 59.1 Å². The van der Waals surface area contributed by atoms with Gasteiger partial charge in [-0.25, -0.2) is 8.42 Å². The molecular weight excluding hydrogens is 450 g/mol. The summed E-state index contributed by atoms with van der Waals surface area (Å²) >= 11 is 9.57. The summed E-state index contributed by atoms with van der Waals surface area (Å²) in [5.41, 5.74) is 1.68. The van der Waals surface area contributed by atoms with Crippen molar-refractivity contribution in [3.05, 3.63) is 75.2 Å². The van der Waals surface area contributed by atoms with Crippen LogP contribution in [-0.4, -0.2) is 36.8 Å². The van der Waals surface area contributed by atoms with Crippen molar-refractivity contribution in [2.75, 3.05) is 11.5 Å². The second-order valence-corrected chi connectivity index (χ2v) is 10.1. The molecule has 4 nitrogen and oxygen atoms in total. The lowest BCUT2D eigenvalue weighted by molar-refractivity contribution is -0.128. The number of rotatable bonds is 5. The quantitative estimate of drug-likeness (QED) is 0.614. The fourth-order valence-corrected chi connectivity index (χ4v) is 5.48. The maximum absolute atomic E-state index is 12.9. The predicted molar refractivity (Wildman–Crippen MR) is 112 cm³/mol. The van der Waals surface area contributed by atoms with Gasteiger partial charge in [-0.05, 0) is 41.8 Å². The molecule has 0 N–H and O–H groups in total. The molecule has 0 radical (unpaired) electrons. The zero-order chi connectivity index (χ0) is 19.4. The topological polar surface area (TPSA) is 54.5 Å². The van der Waals surface area contributed by atoms with E-state index in [1.807, 2.05) is 42.5 Å². The molecule has 1 fully saturated rings. The molecular formula is C20H19BrClNO3S. The largest absolute Gasteiger partial charge is 0.331 e. The van der Waals surface area contributed by atoms with Gasteiger partial charge in [-0.15, -0.1) is 0 Å². The van der Waals surface area contributed by atoms with E-state index in [1.54, 1.807) is 17.0 Å². The third-order valence-corrected chi connectivity index (χ3v) is 7.07. The minimum atomic E-state index is -3.10. The van der Waals surface area contributed by atoms with E-state index in [1.165, 1.54) is 6.08 Å². The lowest BCUT2D eigenvalue weighted by atomic mass is 10.1. The summed E-state index contributed by atoms with van der Waals surface area (Å²) in [7, 11) is -3.10. The number of amides is 1. The Kier molecular flexibility index (Phi) is 6.40. The van der Waals surface area contributed by atoms with E-state index in [0.29, 0.717) is 18.0 Å². The molecule has 1 saturated heterocycles. The fraction of sp³-hybridized carbons (Fsp3) is 0.250. The number of benzene rings is 2. The van der Waals surface area contributed by atoms with E-state index in [4.69, 9.17) is 11.6 Å². The van der Waals surface area contributed by atoms with Crippen molar-refractivity contribution in [3.8, 4) is 0 Å². The first kappa shape index (κ1) is 20.1. The number of sulfone groups is 1. The fourth-order valence-electron chi connectivity index (χ4n) is 3.11. The third-order valence-electron chi connectivity index (χ3n) is 4.48. The second-order valence-electron chi connectivity index (χ2n) is 6.51. The zero-order valence-corrected chi connectivity index (χ0v) is 17.7. The molecule has 0 aromatic heterocycles. The lowest BCUT2D eigenvalue weighted by Gasteiger charge is -2.27. The Labute approximate surface area is 172 Å². The van der Waals surface area contributed by atoms with Crippen LogP contribution in [0, 0.1) is 0 Å². The lowest BCUT2D eigenvalue weighted by Crippen LogP contribution is -2.39. The molecule has 1 amide bonds. The highest BCUT2D eigenvalue weighted by molar-refractivity contribution is 9.10. The van der Waals surface area contributed by atoms with E-state index in [-0.39, 0.29) is 23.5 Å². The molecule has 2 aromatic rings. The van der Waals surface area contributed by atoms with E-state index >= 15 is 0 Å².